The first-order chi connectivity index (χ1) is 11.4. The molecule has 5 nitrogen and oxygen atoms in total. The standard InChI is InChI=1S/C17H15ClN2O3S/c1-11-16(12-4-3-5-13(18)10-12)24(21,22)20-17(11)19-14-6-8-15(23-2)9-7-14/h3-10H,1-2H3,(H,19,20). The van der Waals surface area contributed by atoms with Gasteiger partial charge in [0.2, 0.25) is 0 Å². The van der Waals surface area contributed by atoms with Crippen LogP contribution < -0.4 is 10.1 Å². The number of rotatable bonds is 3. The van der Waals surface area contributed by atoms with Gasteiger partial charge < -0.3 is 10.1 Å². The van der Waals surface area contributed by atoms with Crippen molar-refractivity contribution in [3.63, 3.8) is 0 Å². The minimum atomic E-state index is -3.77. The summed E-state index contributed by atoms with van der Waals surface area (Å²) in [6.45, 7) is 1.72. The lowest BCUT2D eigenvalue weighted by Crippen LogP contribution is -2.11. The van der Waals surface area contributed by atoms with Crippen LogP contribution >= 0.6 is 11.6 Å². The van der Waals surface area contributed by atoms with Crippen LogP contribution in [0.2, 0.25) is 5.02 Å². The third kappa shape index (κ3) is 3.16. The van der Waals surface area contributed by atoms with E-state index in [0.717, 1.165) is 5.69 Å². The SMILES string of the molecule is COc1ccc(NC2=NS(=O)(=O)C(c3cccc(Cl)c3)=C2C)cc1. The number of sulfonamides is 1. The van der Waals surface area contributed by atoms with E-state index in [4.69, 9.17) is 16.3 Å². The van der Waals surface area contributed by atoms with Crippen LogP contribution in [-0.4, -0.2) is 21.4 Å². The fourth-order valence-corrected chi connectivity index (χ4v) is 4.07. The highest BCUT2D eigenvalue weighted by molar-refractivity contribution is 8.00. The summed E-state index contributed by atoms with van der Waals surface area (Å²) in [4.78, 5) is 0.168. The topological polar surface area (TPSA) is 67.8 Å². The highest BCUT2D eigenvalue weighted by atomic mass is 35.5. The zero-order valence-electron chi connectivity index (χ0n) is 13.1. The number of hydrogen-bond donors (Lipinski definition) is 1. The zero-order chi connectivity index (χ0) is 17.3. The number of ether oxygens (including phenoxy) is 1. The minimum absolute atomic E-state index is 0.168. The van der Waals surface area contributed by atoms with Crippen molar-refractivity contribution in [1.29, 1.82) is 0 Å². The lowest BCUT2D eigenvalue weighted by atomic mass is 10.1. The average molecular weight is 363 g/mol. The Kier molecular flexibility index (Phi) is 4.34. The molecular weight excluding hydrogens is 348 g/mol. The van der Waals surface area contributed by atoms with Crippen LogP contribution in [-0.2, 0) is 10.0 Å². The number of hydrogen-bond acceptors (Lipinski definition) is 4. The molecule has 0 radical (unpaired) electrons. The largest absolute Gasteiger partial charge is 0.497 e. The van der Waals surface area contributed by atoms with Gasteiger partial charge in [0, 0.05) is 16.3 Å². The number of amidine groups is 1. The van der Waals surface area contributed by atoms with Gasteiger partial charge in [-0.3, -0.25) is 0 Å². The summed E-state index contributed by atoms with van der Waals surface area (Å²) in [6, 6.07) is 13.9. The zero-order valence-corrected chi connectivity index (χ0v) is 14.6. The summed E-state index contributed by atoms with van der Waals surface area (Å²) in [7, 11) is -2.18. The van der Waals surface area contributed by atoms with E-state index in [1.807, 2.05) is 0 Å². The Labute approximate surface area is 145 Å². The summed E-state index contributed by atoms with van der Waals surface area (Å²) < 4.78 is 33.8. The van der Waals surface area contributed by atoms with Gasteiger partial charge in [0.1, 0.15) is 16.5 Å². The first kappa shape index (κ1) is 16.5. The van der Waals surface area contributed by atoms with Crippen molar-refractivity contribution in [3.05, 3.63) is 64.7 Å². The van der Waals surface area contributed by atoms with Gasteiger partial charge in [0.25, 0.3) is 10.0 Å². The van der Waals surface area contributed by atoms with Crippen LogP contribution in [0, 0.1) is 0 Å². The van der Waals surface area contributed by atoms with Crippen molar-refractivity contribution >= 4 is 38.1 Å². The quantitative estimate of drug-likeness (QED) is 0.898. The molecule has 124 valence electrons. The van der Waals surface area contributed by atoms with Gasteiger partial charge in [0.15, 0.2) is 0 Å². The van der Waals surface area contributed by atoms with Gasteiger partial charge in [-0.05, 0) is 48.9 Å². The number of nitrogens with zero attached hydrogens (tertiary/aromatic N) is 1. The van der Waals surface area contributed by atoms with Crippen LogP contribution in [0.5, 0.6) is 5.75 Å². The predicted molar refractivity (Wildman–Crippen MR) is 97.0 cm³/mol. The van der Waals surface area contributed by atoms with Crippen molar-refractivity contribution in [1.82, 2.24) is 0 Å². The Morgan fingerprint density at radius 1 is 1.12 bits per heavy atom. The summed E-state index contributed by atoms with van der Waals surface area (Å²) in [5.41, 5.74) is 1.79. The van der Waals surface area contributed by atoms with E-state index in [1.165, 1.54) is 0 Å². The normalized spacial score (nSPS) is 16.0. The molecule has 7 heteroatoms. The van der Waals surface area contributed by atoms with Crippen LogP contribution in [0.1, 0.15) is 12.5 Å². The van der Waals surface area contributed by atoms with Gasteiger partial charge in [-0.2, -0.15) is 8.42 Å². The highest BCUT2D eigenvalue weighted by Crippen LogP contribution is 2.34. The smallest absolute Gasteiger partial charge is 0.285 e. The van der Waals surface area contributed by atoms with E-state index in [0.29, 0.717) is 27.7 Å². The van der Waals surface area contributed by atoms with E-state index in [1.54, 1.807) is 62.6 Å². The van der Waals surface area contributed by atoms with E-state index < -0.39 is 10.0 Å². The van der Waals surface area contributed by atoms with Crippen molar-refractivity contribution < 1.29 is 13.2 Å². The maximum absolute atomic E-state index is 12.4. The molecule has 0 bridgehead atoms. The van der Waals surface area contributed by atoms with Gasteiger partial charge in [-0.15, -0.1) is 4.40 Å². The number of anilines is 1. The van der Waals surface area contributed by atoms with Crippen LogP contribution in [0.4, 0.5) is 5.69 Å². The maximum Gasteiger partial charge on any atom is 0.285 e. The molecule has 1 heterocycles. The molecule has 24 heavy (non-hydrogen) atoms. The molecule has 0 fully saturated rings. The molecule has 1 aliphatic heterocycles. The van der Waals surface area contributed by atoms with Gasteiger partial charge in [-0.1, -0.05) is 23.7 Å². The molecule has 2 aromatic rings. The first-order valence-corrected chi connectivity index (χ1v) is 8.96. The number of halogens is 1. The number of benzene rings is 2. The first-order valence-electron chi connectivity index (χ1n) is 7.14. The second-order valence-corrected chi connectivity index (χ2v) is 7.21. The lowest BCUT2D eigenvalue weighted by Gasteiger charge is -2.08. The minimum Gasteiger partial charge on any atom is -0.497 e. The fraction of sp³-hybridized carbons (Fsp3) is 0.118. The molecule has 2 aromatic carbocycles. The van der Waals surface area contributed by atoms with Gasteiger partial charge in [-0.25, -0.2) is 0 Å². The summed E-state index contributed by atoms with van der Waals surface area (Å²) >= 11 is 5.98. The molecule has 0 atom stereocenters. The molecule has 1 aliphatic rings. The van der Waals surface area contributed by atoms with Crippen molar-refractivity contribution in [2.45, 2.75) is 6.92 Å². The van der Waals surface area contributed by atoms with Gasteiger partial charge >= 0.3 is 0 Å². The Hall–Kier alpha value is -2.31. The van der Waals surface area contributed by atoms with Crippen molar-refractivity contribution in [2.75, 3.05) is 12.4 Å². The summed E-state index contributed by atoms with van der Waals surface area (Å²) in [6.07, 6.45) is 0. The van der Waals surface area contributed by atoms with E-state index >= 15 is 0 Å². The summed E-state index contributed by atoms with van der Waals surface area (Å²) in [5.74, 6) is 1.02. The molecule has 0 aromatic heterocycles. The molecule has 0 unspecified atom stereocenters. The number of methoxy groups -OCH3 is 1. The van der Waals surface area contributed by atoms with Crippen molar-refractivity contribution in [2.24, 2.45) is 4.40 Å². The van der Waals surface area contributed by atoms with Gasteiger partial charge in [0.05, 0.1) is 7.11 Å². The third-order valence-corrected chi connectivity index (χ3v) is 5.32. The van der Waals surface area contributed by atoms with Crippen LogP contribution in [0.25, 0.3) is 4.91 Å². The second kappa shape index (κ2) is 6.30. The lowest BCUT2D eigenvalue weighted by molar-refractivity contribution is 0.415. The third-order valence-electron chi connectivity index (χ3n) is 3.60. The molecule has 0 amide bonds. The van der Waals surface area contributed by atoms with E-state index in [2.05, 4.69) is 9.71 Å². The Morgan fingerprint density at radius 3 is 2.46 bits per heavy atom. The highest BCUT2D eigenvalue weighted by Gasteiger charge is 2.31. The van der Waals surface area contributed by atoms with E-state index in [-0.39, 0.29) is 4.91 Å². The van der Waals surface area contributed by atoms with E-state index in [9.17, 15) is 8.42 Å². The molecule has 0 saturated carbocycles. The van der Waals surface area contributed by atoms with Crippen LogP contribution in [0.3, 0.4) is 0 Å². The Morgan fingerprint density at radius 2 is 1.83 bits per heavy atom. The molecular formula is C17H15ClN2O3S. The molecule has 3 rings (SSSR count). The molecule has 0 spiro atoms. The predicted octanol–water partition coefficient (Wildman–Crippen LogP) is 3.93. The maximum atomic E-state index is 12.4. The van der Waals surface area contributed by atoms with Crippen LogP contribution in [0.15, 0.2) is 58.5 Å². The average Bonchev–Trinajstić information content (AvgIpc) is 2.77. The Balaban J connectivity index is 1.97. The molecule has 0 aliphatic carbocycles. The fourth-order valence-electron chi connectivity index (χ4n) is 2.46. The molecule has 0 saturated heterocycles. The second-order valence-electron chi connectivity index (χ2n) is 5.23. The molecule has 1 N–H and O–H groups in total. The monoisotopic (exact) mass is 362 g/mol. The Bertz CT molecular complexity index is 948. The number of nitrogens with one attached hydrogen (secondary N) is 1. The van der Waals surface area contributed by atoms with Crippen molar-refractivity contribution in [3.8, 4) is 5.75 Å². The summed E-state index contributed by atoms with van der Waals surface area (Å²) in [5, 5.41) is 3.51.